The molecule has 20 heavy (non-hydrogen) atoms. The van der Waals surface area contributed by atoms with Gasteiger partial charge in [0.05, 0.1) is 6.10 Å². The van der Waals surface area contributed by atoms with E-state index in [0.717, 1.165) is 12.8 Å². The molecule has 2 unspecified atom stereocenters. The van der Waals surface area contributed by atoms with Gasteiger partial charge in [-0.3, -0.25) is 0 Å². The van der Waals surface area contributed by atoms with Gasteiger partial charge in [-0.05, 0) is 24.6 Å². The Morgan fingerprint density at radius 3 is 3.05 bits per heavy atom. The Morgan fingerprint density at radius 2 is 2.40 bits per heavy atom. The normalized spacial score (nSPS) is 26.2. The molecule has 0 aromatic heterocycles. The predicted molar refractivity (Wildman–Crippen MR) is 74.3 cm³/mol. The number of rotatable bonds is 5. The molecule has 2 atom stereocenters. The fraction of sp³-hybridized carbons (Fsp3) is 0.533. The van der Waals surface area contributed by atoms with Gasteiger partial charge in [-0.15, -0.1) is 0 Å². The highest BCUT2D eigenvalue weighted by Crippen LogP contribution is 2.31. The van der Waals surface area contributed by atoms with Crippen molar-refractivity contribution in [1.29, 1.82) is 0 Å². The van der Waals surface area contributed by atoms with Gasteiger partial charge in [0, 0.05) is 25.1 Å². The summed E-state index contributed by atoms with van der Waals surface area (Å²) in [6.45, 7) is 2.44. The molecule has 4 nitrogen and oxygen atoms in total. The molecule has 0 bridgehead atoms. The molecule has 1 aromatic carbocycles. The van der Waals surface area contributed by atoms with E-state index in [2.05, 4.69) is 5.32 Å². The molecule has 2 rings (SSSR count). The molecular formula is C15H20FNO3. The minimum absolute atomic E-state index is 0.0640. The second-order valence-electron chi connectivity index (χ2n) is 5.26. The number of hydrogen-bond acceptors (Lipinski definition) is 3. The van der Waals surface area contributed by atoms with Crippen LogP contribution in [0.1, 0.15) is 32.6 Å². The van der Waals surface area contributed by atoms with Crippen molar-refractivity contribution in [3.63, 3.8) is 0 Å². The first kappa shape index (κ1) is 14.8. The Bertz CT molecular complexity index is 478. The lowest BCUT2D eigenvalue weighted by molar-refractivity contribution is -0.148. The van der Waals surface area contributed by atoms with Crippen LogP contribution in [0.3, 0.4) is 0 Å². The van der Waals surface area contributed by atoms with Crippen molar-refractivity contribution in [2.75, 3.05) is 11.9 Å². The number of benzene rings is 1. The summed E-state index contributed by atoms with van der Waals surface area (Å²) in [4.78, 5) is 11.7. The van der Waals surface area contributed by atoms with E-state index in [9.17, 15) is 14.3 Å². The van der Waals surface area contributed by atoms with E-state index in [1.807, 2.05) is 6.92 Å². The summed E-state index contributed by atoms with van der Waals surface area (Å²) in [5.74, 6) is -1.29. The van der Waals surface area contributed by atoms with Gasteiger partial charge in [0.25, 0.3) is 0 Å². The van der Waals surface area contributed by atoms with Crippen molar-refractivity contribution in [2.45, 2.75) is 44.2 Å². The zero-order valence-corrected chi connectivity index (χ0v) is 11.6. The van der Waals surface area contributed by atoms with Gasteiger partial charge in [-0.1, -0.05) is 19.4 Å². The largest absolute Gasteiger partial charge is 0.480 e. The van der Waals surface area contributed by atoms with Gasteiger partial charge in [-0.2, -0.15) is 0 Å². The maximum Gasteiger partial charge on any atom is 0.329 e. The van der Waals surface area contributed by atoms with Gasteiger partial charge < -0.3 is 15.2 Å². The molecule has 0 amide bonds. The second-order valence-corrected chi connectivity index (χ2v) is 5.26. The van der Waals surface area contributed by atoms with Crippen molar-refractivity contribution in [3.8, 4) is 0 Å². The summed E-state index contributed by atoms with van der Waals surface area (Å²) in [5, 5.41) is 12.6. The first-order valence-electron chi connectivity index (χ1n) is 6.94. The van der Waals surface area contributed by atoms with Crippen LogP contribution >= 0.6 is 0 Å². The summed E-state index contributed by atoms with van der Waals surface area (Å²) in [5.41, 5.74) is -0.587. The Labute approximate surface area is 117 Å². The van der Waals surface area contributed by atoms with E-state index >= 15 is 0 Å². The van der Waals surface area contributed by atoms with Crippen LogP contribution in [-0.4, -0.2) is 29.3 Å². The van der Waals surface area contributed by atoms with E-state index in [4.69, 9.17) is 4.74 Å². The highest BCUT2D eigenvalue weighted by molar-refractivity contribution is 5.83. The summed E-state index contributed by atoms with van der Waals surface area (Å²) in [7, 11) is 0. The molecule has 0 radical (unpaired) electrons. The van der Waals surface area contributed by atoms with Crippen molar-refractivity contribution < 1.29 is 19.0 Å². The van der Waals surface area contributed by atoms with Crippen molar-refractivity contribution in [1.82, 2.24) is 0 Å². The number of halogens is 1. The zero-order valence-electron chi connectivity index (χ0n) is 11.6. The van der Waals surface area contributed by atoms with Gasteiger partial charge in [0.1, 0.15) is 11.4 Å². The quantitative estimate of drug-likeness (QED) is 0.871. The lowest BCUT2D eigenvalue weighted by atomic mass is 9.85. The minimum atomic E-state index is -1.08. The third-order valence-electron chi connectivity index (χ3n) is 3.69. The maximum atomic E-state index is 13.2. The molecule has 5 heteroatoms. The summed E-state index contributed by atoms with van der Waals surface area (Å²) < 4.78 is 18.8. The molecular weight excluding hydrogens is 261 g/mol. The molecule has 1 fully saturated rings. The van der Waals surface area contributed by atoms with Crippen LogP contribution in [0.4, 0.5) is 10.1 Å². The smallest absolute Gasteiger partial charge is 0.329 e. The third-order valence-corrected chi connectivity index (χ3v) is 3.69. The molecule has 110 valence electrons. The standard InChI is InChI=1S/C15H20FNO3/c1-2-4-13-10-15(14(18)19,7-8-20-13)17-12-6-3-5-11(16)9-12/h3,5-6,9,13,17H,2,4,7-8,10H2,1H3,(H,18,19). The first-order valence-corrected chi connectivity index (χ1v) is 6.94. The van der Waals surface area contributed by atoms with E-state index in [-0.39, 0.29) is 11.9 Å². The molecule has 0 spiro atoms. The number of carbonyl (C=O) groups is 1. The van der Waals surface area contributed by atoms with E-state index in [0.29, 0.717) is 25.1 Å². The Morgan fingerprint density at radius 1 is 1.60 bits per heavy atom. The van der Waals surface area contributed by atoms with E-state index in [1.165, 1.54) is 12.1 Å². The van der Waals surface area contributed by atoms with Gasteiger partial charge in [0.15, 0.2) is 0 Å². The molecule has 0 saturated carbocycles. The molecule has 1 aliphatic rings. The zero-order chi connectivity index (χ0) is 14.6. The number of carboxylic acid groups (broad SMARTS) is 1. The Hall–Kier alpha value is -1.62. The van der Waals surface area contributed by atoms with Gasteiger partial charge >= 0.3 is 5.97 Å². The van der Waals surface area contributed by atoms with Crippen molar-refractivity contribution >= 4 is 11.7 Å². The number of aliphatic carboxylic acids is 1. The SMILES string of the molecule is CCCC1CC(Nc2cccc(F)c2)(C(=O)O)CCO1. The second kappa shape index (κ2) is 6.22. The minimum Gasteiger partial charge on any atom is -0.480 e. The number of carboxylic acids is 1. The highest BCUT2D eigenvalue weighted by atomic mass is 19.1. The molecule has 1 saturated heterocycles. The Kier molecular flexibility index (Phi) is 4.60. The Balaban J connectivity index is 2.19. The molecule has 2 N–H and O–H groups in total. The lowest BCUT2D eigenvalue weighted by Gasteiger charge is -2.39. The lowest BCUT2D eigenvalue weighted by Crippen LogP contribution is -2.53. The van der Waals surface area contributed by atoms with Gasteiger partial charge in [0.2, 0.25) is 0 Å². The monoisotopic (exact) mass is 281 g/mol. The average molecular weight is 281 g/mol. The summed E-state index contributed by atoms with van der Waals surface area (Å²) in [6.07, 6.45) is 2.48. The summed E-state index contributed by atoms with van der Waals surface area (Å²) >= 11 is 0. The topological polar surface area (TPSA) is 58.6 Å². The van der Waals surface area contributed by atoms with Crippen LogP contribution in [0.25, 0.3) is 0 Å². The molecule has 1 aromatic rings. The van der Waals surface area contributed by atoms with Crippen molar-refractivity contribution in [2.24, 2.45) is 0 Å². The fourth-order valence-electron chi connectivity index (χ4n) is 2.66. The fourth-order valence-corrected chi connectivity index (χ4v) is 2.66. The highest BCUT2D eigenvalue weighted by Gasteiger charge is 2.43. The average Bonchev–Trinajstić information content (AvgIpc) is 2.39. The summed E-state index contributed by atoms with van der Waals surface area (Å²) in [6, 6.07) is 5.89. The van der Waals surface area contributed by atoms with Crippen LogP contribution in [0, 0.1) is 5.82 Å². The van der Waals surface area contributed by atoms with Crippen LogP contribution < -0.4 is 5.32 Å². The number of anilines is 1. The third kappa shape index (κ3) is 3.28. The molecule has 1 aliphatic heterocycles. The van der Waals surface area contributed by atoms with E-state index in [1.54, 1.807) is 12.1 Å². The van der Waals surface area contributed by atoms with E-state index < -0.39 is 11.5 Å². The van der Waals surface area contributed by atoms with Crippen LogP contribution in [-0.2, 0) is 9.53 Å². The number of nitrogens with one attached hydrogen (secondary N) is 1. The van der Waals surface area contributed by atoms with Crippen LogP contribution in [0.15, 0.2) is 24.3 Å². The number of ether oxygens (including phenoxy) is 1. The molecule has 0 aliphatic carbocycles. The first-order chi connectivity index (χ1) is 9.55. The predicted octanol–water partition coefficient (Wildman–Crippen LogP) is 3.04. The maximum absolute atomic E-state index is 13.2. The number of hydrogen-bond donors (Lipinski definition) is 2. The van der Waals surface area contributed by atoms with Crippen LogP contribution in [0.5, 0.6) is 0 Å². The van der Waals surface area contributed by atoms with Gasteiger partial charge in [-0.25, -0.2) is 9.18 Å². The van der Waals surface area contributed by atoms with Crippen molar-refractivity contribution in [3.05, 3.63) is 30.1 Å². The van der Waals surface area contributed by atoms with Crippen LogP contribution in [0.2, 0.25) is 0 Å². The molecule has 1 heterocycles.